The average molecular weight is 1630 g/mol. The van der Waals surface area contributed by atoms with E-state index in [0.717, 1.165) is 52.9 Å². The number of ketones is 1. The number of carboxylic acid groups (broad SMARTS) is 4. The molecule has 14 amide bonds. The Labute approximate surface area is 663 Å². The molecule has 2 heterocycles. The zero-order valence-electron chi connectivity index (χ0n) is 64.3. The number of aromatic nitrogens is 1. The van der Waals surface area contributed by atoms with Gasteiger partial charge in [0.1, 0.15) is 72.6 Å². The van der Waals surface area contributed by atoms with E-state index in [1.807, 2.05) is 16.0 Å². The number of benzene rings is 2. The van der Waals surface area contributed by atoms with E-state index < -0.39 is 255 Å². The summed E-state index contributed by atoms with van der Waals surface area (Å²) in [4.78, 5) is 277. The van der Waals surface area contributed by atoms with Gasteiger partial charge in [-0.1, -0.05) is 82.7 Å². The summed E-state index contributed by atoms with van der Waals surface area (Å²) in [5.74, 6) is -29.7. The first-order chi connectivity index (χ1) is 54.9. The number of fused-ring (bicyclic) bond motifs is 1. The number of nitrogens with one attached hydrogen (secondary N) is 14. The molecule has 4 rings (SSSR count). The highest BCUT2D eigenvalue weighted by atomic mass is 16.5. The number of aromatic amines is 1. The van der Waals surface area contributed by atoms with Gasteiger partial charge in [0, 0.05) is 47.6 Å². The summed E-state index contributed by atoms with van der Waals surface area (Å²) < 4.78 is 5.69. The molecule has 13 atom stereocenters. The van der Waals surface area contributed by atoms with Crippen molar-refractivity contribution in [3.8, 4) is 0 Å². The van der Waals surface area contributed by atoms with Gasteiger partial charge in [0.15, 0.2) is 5.78 Å². The molecule has 116 heavy (non-hydrogen) atoms. The highest BCUT2D eigenvalue weighted by Crippen LogP contribution is 2.22. The maximum absolute atomic E-state index is 14.9. The van der Waals surface area contributed by atoms with Crippen molar-refractivity contribution in [2.75, 3.05) is 32.0 Å². The molecule has 0 bridgehead atoms. The van der Waals surface area contributed by atoms with Crippen LogP contribution in [0.4, 0.5) is 5.69 Å². The molecule has 2 aromatic carbocycles. The number of carboxylic acids is 4. The van der Waals surface area contributed by atoms with Crippen molar-refractivity contribution in [3.05, 3.63) is 65.9 Å². The molecule has 3 aromatic rings. The molecule has 1 fully saturated rings. The number of anilines is 1. The van der Waals surface area contributed by atoms with E-state index in [9.17, 15) is 121 Å². The van der Waals surface area contributed by atoms with E-state index in [2.05, 4.69) is 65.1 Å². The largest absolute Gasteiger partial charge is 0.481 e. The van der Waals surface area contributed by atoms with Crippen LogP contribution in [-0.2, 0) is 102 Å². The number of Topliss-reactive ketones (excluding diaryl/α,β-unsaturated/α-hetero) is 1. The lowest BCUT2D eigenvalue weighted by Gasteiger charge is -2.30. The SMILES string of the molecule is CCCCCCCCCC(=O)N[C@@H](Cc1c[nH]c2ccccc12)C(=O)N[C@@H](CC(N)=O)C(=O)N[C@@H](CC(=O)O)C(=O)N[C@@H]1C(=O)NCC(=O)N[C@@H](CCCCN)C(=O)N[C@@H](CC(=O)O)C(=O)N[C@H](C)C(=O)N[C@@H](CC(=O)O)C(=O)NCC(=O)N[C@H](CO)C(=O)N[C@@H]([C@@H](C)CC(=O)O)C(=O)N[C@@H](CC(=O)c2ccccc2N)C(=O)O[C@@H]1C. The maximum atomic E-state index is 14.9. The fraction of sp³-hybridized carbons (Fsp3) is 0.534. The van der Waals surface area contributed by atoms with Crippen molar-refractivity contribution in [1.29, 1.82) is 0 Å². The number of esters is 1. The number of rotatable bonds is 36. The predicted molar refractivity (Wildman–Crippen MR) is 405 cm³/mol. The summed E-state index contributed by atoms with van der Waals surface area (Å²) >= 11 is 0. The second-order valence-electron chi connectivity index (χ2n) is 27.6. The van der Waals surface area contributed by atoms with Crippen molar-refractivity contribution >= 4 is 135 Å². The third-order valence-electron chi connectivity index (χ3n) is 18.1. The summed E-state index contributed by atoms with van der Waals surface area (Å²) in [7, 11) is 0. The van der Waals surface area contributed by atoms with E-state index in [1.54, 1.807) is 30.5 Å². The van der Waals surface area contributed by atoms with Gasteiger partial charge in [0.25, 0.3) is 0 Å². The molecule has 1 aliphatic heterocycles. The number of unbranched alkanes of at least 4 members (excludes halogenated alkanes) is 7. The molecule has 1 saturated heterocycles. The lowest BCUT2D eigenvalue weighted by atomic mass is 9.96. The Balaban J connectivity index is 1.88. The zero-order chi connectivity index (χ0) is 86.5. The molecule has 43 heteroatoms. The van der Waals surface area contributed by atoms with Crippen molar-refractivity contribution in [2.24, 2.45) is 17.4 Å². The van der Waals surface area contributed by atoms with E-state index in [-0.39, 0.29) is 49.9 Å². The van der Waals surface area contributed by atoms with Gasteiger partial charge in [-0.3, -0.25) is 91.1 Å². The van der Waals surface area contributed by atoms with Crippen molar-refractivity contribution in [3.63, 3.8) is 0 Å². The second-order valence-corrected chi connectivity index (χ2v) is 27.6. The molecule has 1 aromatic heterocycles. The summed E-state index contributed by atoms with van der Waals surface area (Å²) in [5.41, 5.74) is 18.1. The highest BCUT2D eigenvalue weighted by molar-refractivity contribution is 6.05. The molecule has 636 valence electrons. The van der Waals surface area contributed by atoms with Gasteiger partial charge in [0.05, 0.1) is 51.8 Å². The van der Waals surface area contributed by atoms with Crippen molar-refractivity contribution in [2.45, 2.75) is 216 Å². The number of hydrogen-bond acceptors (Lipinski definition) is 24. The Bertz CT molecular complexity index is 4060. The van der Waals surface area contributed by atoms with Gasteiger partial charge >= 0.3 is 29.8 Å². The van der Waals surface area contributed by atoms with Crippen molar-refractivity contribution < 1.29 is 126 Å². The van der Waals surface area contributed by atoms with Crippen LogP contribution in [0, 0.1) is 5.92 Å². The average Bonchev–Trinajstić information content (AvgIpc) is 1.69. The molecular formula is C73H103N17O26. The monoisotopic (exact) mass is 1630 g/mol. The number of hydrogen-bond donors (Lipinski definition) is 22. The van der Waals surface area contributed by atoms with Gasteiger partial charge in [-0.25, -0.2) is 4.79 Å². The van der Waals surface area contributed by atoms with Crippen LogP contribution < -0.4 is 86.3 Å². The third kappa shape index (κ3) is 32.8. The number of carbonyl (C=O) groups excluding carboxylic acids is 16. The number of aliphatic hydroxyl groups excluding tert-OH is 1. The summed E-state index contributed by atoms with van der Waals surface area (Å²) in [5, 5.41) is 78.9. The highest BCUT2D eigenvalue weighted by Gasteiger charge is 2.41. The summed E-state index contributed by atoms with van der Waals surface area (Å²) in [6, 6.07) is -10.5. The van der Waals surface area contributed by atoms with Gasteiger partial charge in [-0.2, -0.15) is 0 Å². The maximum Gasteiger partial charge on any atom is 0.329 e. The van der Waals surface area contributed by atoms with Gasteiger partial charge in [-0.05, 0) is 75.8 Å². The number of cyclic esters (lactones) is 1. The van der Waals surface area contributed by atoms with Gasteiger partial charge in [0.2, 0.25) is 82.7 Å². The van der Waals surface area contributed by atoms with Crippen LogP contribution in [0.5, 0.6) is 0 Å². The molecule has 0 unspecified atom stereocenters. The van der Waals surface area contributed by atoms with Gasteiger partial charge in [-0.15, -0.1) is 0 Å². The number of para-hydroxylation sites is 2. The minimum atomic E-state index is -2.45. The number of aliphatic hydroxyl groups is 1. The lowest BCUT2D eigenvalue weighted by Crippen LogP contribution is -2.62. The third-order valence-corrected chi connectivity index (χ3v) is 18.1. The van der Waals surface area contributed by atoms with Crippen LogP contribution in [0.25, 0.3) is 10.9 Å². The van der Waals surface area contributed by atoms with Crippen LogP contribution in [-0.4, -0.2) is 248 Å². The second kappa shape index (κ2) is 48.4. The van der Waals surface area contributed by atoms with Crippen LogP contribution >= 0.6 is 0 Å². The van der Waals surface area contributed by atoms with Crippen molar-refractivity contribution in [1.82, 2.24) is 74.1 Å². The molecule has 43 nitrogen and oxygen atoms in total. The Morgan fingerprint density at radius 1 is 0.543 bits per heavy atom. The Morgan fingerprint density at radius 2 is 1.09 bits per heavy atom. The van der Waals surface area contributed by atoms with Gasteiger partial charge < -0.3 is 122 Å². The van der Waals surface area contributed by atoms with E-state index >= 15 is 0 Å². The Morgan fingerprint density at radius 3 is 1.69 bits per heavy atom. The lowest BCUT2D eigenvalue weighted by molar-refractivity contribution is -0.156. The fourth-order valence-corrected chi connectivity index (χ4v) is 11.9. The number of amides is 14. The van der Waals surface area contributed by atoms with Crippen LogP contribution in [0.15, 0.2) is 54.7 Å². The number of aliphatic carboxylic acids is 4. The molecule has 1 aliphatic rings. The first-order valence-corrected chi connectivity index (χ1v) is 37.3. The zero-order valence-corrected chi connectivity index (χ0v) is 64.3. The number of nitrogen functional groups attached to an aromatic ring is 1. The summed E-state index contributed by atoms with van der Waals surface area (Å²) in [6.07, 6.45) is -1.96. The first-order valence-electron chi connectivity index (χ1n) is 37.3. The molecule has 0 radical (unpaired) electrons. The van der Waals surface area contributed by atoms with E-state index in [0.29, 0.717) is 29.3 Å². The number of ether oxygens (including phenoxy) is 1. The molecule has 25 N–H and O–H groups in total. The quantitative estimate of drug-likeness (QED) is 0.0112. The molecule has 0 saturated carbocycles. The normalized spacial score (nSPS) is 21.1. The number of nitrogens with two attached hydrogens (primary N) is 3. The minimum Gasteiger partial charge on any atom is -0.481 e. The molecular weight excluding hydrogens is 1530 g/mol. The number of H-pyrrole nitrogens is 1. The van der Waals surface area contributed by atoms with Crippen LogP contribution in [0.2, 0.25) is 0 Å². The van der Waals surface area contributed by atoms with Crippen LogP contribution in [0.3, 0.4) is 0 Å². The smallest absolute Gasteiger partial charge is 0.329 e. The topological polar surface area (TPSA) is 702 Å². The van der Waals surface area contributed by atoms with E-state index in [1.165, 1.54) is 24.3 Å². The van der Waals surface area contributed by atoms with E-state index in [4.69, 9.17) is 21.9 Å². The Hall–Kier alpha value is -12.7. The molecule has 0 aliphatic carbocycles. The minimum absolute atomic E-state index is 0.0127. The predicted octanol–water partition coefficient (Wildman–Crippen LogP) is -5.23. The number of carbonyl (C=O) groups is 20. The Kier molecular flexibility index (Phi) is 39.9. The fourth-order valence-electron chi connectivity index (χ4n) is 11.9. The number of primary amides is 1. The first kappa shape index (κ1) is 95.7. The summed E-state index contributed by atoms with van der Waals surface area (Å²) in [6.45, 7) is 1.32. The molecule has 0 spiro atoms. The standard InChI is InChI=1S/C73H103N17O26/c1-5-6-7-8-9-10-11-23-54(94)82-45(26-39-32-77-43-21-15-13-18-40(39)43)67(109)85-46(28-53(76)93)68(110)87-49(31-60(103)104)69(111)90-62-38(4)116-73(115)50(27-52(92)41-19-12-14-20-42(41)75)88-72(114)61(36(2)25-57(97)98)89-70(112)51(35-91)83-56(96)33-78-64(106)47(29-58(99)100)84-63(105)37(3)80-66(108)48(30-59(101)102)86-65(107)44(22-16-17-24-74)81-55(95)34-79-71(62)113/h12-15,18-21,32,36-38,44-51,61-62,77,91H,5-11,16-17,22-31,33-35,74-75H2,1-4H3,(H2,76,93)(H,78,106)(H,79,113)(H,80,108)(H,81,95)(H,82,94)(H,83,96)(H,84,105)(H,85,109)(H,86,107)(H,87,110)(H,88,114)(H,89,112)(H,90,111)(H,97,98)(H,99,100)(H,101,102)(H,103,104)/t36-,37+,38+,44-,45-,46-,47-,48-,49-,50-,51+,61-,62-/m0/s1. The van der Waals surface area contributed by atoms with Crippen LogP contribution in [0.1, 0.15) is 153 Å².